The molecule has 23 heavy (non-hydrogen) atoms. The monoisotopic (exact) mass is 315 g/mol. The smallest absolute Gasteiger partial charge is 0.335 e. The van der Waals surface area contributed by atoms with Crippen molar-refractivity contribution in [1.29, 1.82) is 0 Å². The molecule has 3 rings (SSSR count). The Bertz CT molecular complexity index is 679. The van der Waals surface area contributed by atoms with E-state index in [1.165, 1.54) is 12.1 Å². The molecule has 4 atom stereocenters. The van der Waals surface area contributed by atoms with Crippen LogP contribution in [0.4, 0.5) is 0 Å². The summed E-state index contributed by atoms with van der Waals surface area (Å²) in [6, 6.07) is 6.23. The van der Waals surface area contributed by atoms with E-state index in [2.05, 4.69) is 5.32 Å². The van der Waals surface area contributed by atoms with Crippen LogP contribution in [0.25, 0.3) is 0 Å². The molecule has 0 spiro atoms. The van der Waals surface area contributed by atoms with Crippen molar-refractivity contribution in [3.63, 3.8) is 0 Å². The lowest BCUT2D eigenvalue weighted by Crippen LogP contribution is -2.39. The molecule has 1 fully saturated rings. The van der Waals surface area contributed by atoms with Crippen LogP contribution in [0.3, 0.4) is 0 Å². The third-order valence-corrected chi connectivity index (χ3v) is 4.71. The van der Waals surface area contributed by atoms with E-state index in [4.69, 9.17) is 5.11 Å². The van der Waals surface area contributed by atoms with Gasteiger partial charge in [0.2, 0.25) is 5.91 Å². The molecule has 1 aromatic carbocycles. The molecule has 2 aliphatic carbocycles. The van der Waals surface area contributed by atoms with Gasteiger partial charge in [-0.15, -0.1) is 0 Å². The second-order valence-corrected chi connectivity index (χ2v) is 6.06. The summed E-state index contributed by atoms with van der Waals surface area (Å²) in [6.45, 7) is 0.253. The first kappa shape index (κ1) is 15.3. The number of carboxylic acids is 2. The number of benzene rings is 1. The van der Waals surface area contributed by atoms with Gasteiger partial charge in [0, 0.05) is 6.54 Å². The minimum Gasteiger partial charge on any atom is -0.481 e. The minimum atomic E-state index is -1.00. The summed E-state index contributed by atoms with van der Waals surface area (Å²) < 4.78 is 0. The summed E-state index contributed by atoms with van der Waals surface area (Å²) in [4.78, 5) is 34.6. The fourth-order valence-corrected chi connectivity index (χ4v) is 3.59. The van der Waals surface area contributed by atoms with E-state index in [1.807, 2.05) is 12.2 Å². The Morgan fingerprint density at radius 3 is 2.17 bits per heavy atom. The lowest BCUT2D eigenvalue weighted by atomic mass is 9.82. The number of aromatic carboxylic acids is 1. The number of hydrogen-bond acceptors (Lipinski definition) is 3. The van der Waals surface area contributed by atoms with Crippen LogP contribution in [0.15, 0.2) is 36.4 Å². The number of hydrogen-bond donors (Lipinski definition) is 3. The first-order valence-electron chi connectivity index (χ1n) is 7.48. The van der Waals surface area contributed by atoms with Gasteiger partial charge in [-0.3, -0.25) is 9.59 Å². The fourth-order valence-electron chi connectivity index (χ4n) is 3.59. The topological polar surface area (TPSA) is 104 Å². The molecule has 0 aromatic heterocycles. The molecule has 2 bridgehead atoms. The largest absolute Gasteiger partial charge is 0.481 e. The summed E-state index contributed by atoms with van der Waals surface area (Å²) in [5.41, 5.74) is 0.957. The average molecular weight is 315 g/mol. The van der Waals surface area contributed by atoms with Crippen molar-refractivity contribution in [2.24, 2.45) is 23.7 Å². The van der Waals surface area contributed by atoms with Crippen LogP contribution in [0.1, 0.15) is 22.3 Å². The van der Waals surface area contributed by atoms with Crippen molar-refractivity contribution in [2.45, 2.75) is 13.0 Å². The maximum atomic E-state index is 12.4. The molecule has 1 amide bonds. The highest BCUT2D eigenvalue weighted by molar-refractivity contribution is 5.88. The van der Waals surface area contributed by atoms with Crippen molar-refractivity contribution in [3.05, 3.63) is 47.5 Å². The lowest BCUT2D eigenvalue weighted by Gasteiger charge is -2.23. The number of rotatable bonds is 5. The van der Waals surface area contributed by atoms with Crippen LogP contribution in [-0.4, -0.2) is 28.1 Å². The zero-order valence-corrected chi connectivity index (χ0v) is 12.3. The van der Waals surface area contributed by atoms with Gasteiger partial charge in [-0.2, -0.15) is 0 Å². The van der Waals surface area contributed by atoms with Gasteiger partial charge in [0.25, 0.3) is 0 Å². The van der Waals surface area contributed by atoms with Gasteiger partial charge in [0.05, 0.1) is 17.4 Å². The minimum absolute atomic E-state index is 0.00418. The second-order valence-electron chi connectivity index (χ2n) is 6.06. The summed E-state index contributed by atoms with van der Waals surface area (Å²) in [5, 5.41) is 21.0. The third-order valence-electron chi connectivity index (χ3n) is 4.71. The third kappa shape index (κ3) is 2.84. The second kappa shape index (κ2) is 5.87. The number of fused-ring (bicyclic) bond motifs is 2. The zero-order chi connectivity index (χ0) is 16.6. The van der Waals surface area contributed by atoms with E-state index in [1.54, 1.807) is 12.1 Å². The Hall–Kier alpha value is -2.63. The summed E-state index contributed by atoms with van der Waals surface area (Å²) >= 11 is 0. The van der Waals surface area contributed by atoms with Crippen molar-refractivity contribution >= 4 is 17.8 Å². The number of nitrogens with one attached hydrogen (secondary N) is 1. The van der Waals surface area contributed by atoms with Gasteiger partial charge in [0.15, 0.2) is 0 Å². The van der Waals surface area contributed by atoms with Crippen molar-refractivity contribution < 1.29 is 24.6 Å². The lowest BCUT2D eigenvalue weighted by molar-refractivity contribution is -0.147. The molecular weight excluding hydrogens is 298 g/mol. The first-order valence-corrected chi connectivity index (χ1v) is 7.48. The average Bonchev–Trinajstić information content (AvgIpc) is 3.13. The quantitative estimate of drug-likeness (QED) is 0.715. The summed E-state index contributed by atoms with van der Waals surface area (Å²) in [6.07, 6.45) is 4.57. The van der Waals surface area contributed by atoms with Gasteiger partial charge in [0.1, 0.15) is 0 Å². The van der Waals surface area contributed by atoms with Gasteiger partial charge >= 0.3 is 11.9 Å². The maximum Gasteiger partial charge on any atom is 0.335 e. The van der Waals surface area contributed by atoms with E-state index in [0.717, 1.165) is 12.0 Å². The molecule has 0 aliphatic heterocycles. The van der Waals surface area contributed by atoms with E-state index in [0.29, 0.717) is 0 Å². The van der Waals surface area contributed by atoms with Gasteiger partial charge in [-0.05, 0) is 36.0 Å². The van der Waals surface area contributed by atoms with Crippen molar-refractivity contribution in [2.75, 3.05) is 0 Å². The molecule has 6 heteroatoms. The predicted octanol–water partition coefficient (Wildman–Crippen LogP) is 1.52. The van der Waals surface area contributed by atoms with Crippen LogP contribution >= 0.6 is 0 Å². The molecular formula is C17H17NO5. The molecule has 0 radical (unpaired) electrons. The molecule has 2 aliphatic rings. The van der Waals surface area contributed by atoms with Crippen molar-refractivity contribution in [3.8, 4) is 0 Å². The highest BCUT2D eigenvalue weighted by atomic mass is 16.4. The highest BCUT2D eigenvalue weighted by Crippen LogP contribution is 2.48. The molecule has 4 unspecified atom stereocenters. The number of allylic oxidation sites excluding steroid dienone is 2. The number of amides is 1. The summed E-state index contributed by atoms with van der Waals surface area (Å²) in [5.74, 6) is -3.42. The molecule has 6 nitrogen and oxygen atoms in total. The molecule has 1 saturated carbocycles. The van der Waals surface area contributed by atoms with E-state index in [-0.39, 0.29) is 29.9 Å². The first-order chi connectivity index (χ1) is 11.0. The molecule has 0 heterocycles. The fraction of sp³-hybridized carbons (Fsp3) is 0.353. The van der Waals surface area contributed by atoms with Crippen molar-refractivity contribution in [1.82, 2.24) is 5.32 Å². The van der Waals surface area contributed by atoms with Gasteiger partial charge in [-0.25, -0.2) is 4.79 Å². The Kier molecular flexibility index (Phi) is 3.90. The standard InChI is InChI=1S/C17H17NO5/c19-15(13-11-5-6-12(7-11)14(13)17(22)23)18-8-9-1-3-10(4-2-9)16(20)21/h1-6,11-14H,7-8H2,(H,18,19)(H,20,21)(H,22,23). The Labute approximate surface area is 132 Å². The summed E-state index contributed by atoms with van der Waals surface area (Å²) in [7, 11) is 0. The molecule has 0 saturated heterocycles. The molecule has 1 aromatic rings. The van der Waals surface area contributed by atoms with Crippen LogP contribution < -0.4 is 5.32 Å². The number of carbonyl (C=O) groups is 3. The Morgan fingerprint density at radius 2 is 1.61 bits per heavy atom. The number of carbonyl (C=O) groups excluding carboxylic acids is 1. The predicted molar refractivity (Wildman–Crippen MR) is 80.6 cm³/mol. The Balaban J connectivity index is 1.64. The number of carboxylic acid groups (broad SMARTS) is 2. The SMILES string of the molecule is O=C(O)c1ccc(CNC(=O)C2C3C=CC(C3)C2C(=O)O)cc1. The maximum absolute atomic E-state index is 12.4. The van der Waals surface area contributed by atoms with Gasteiger partial charge in [-0.1, -0.05) is 24.3 Å². The normalized spacial score (nSPS) is 27.8. The number of aliphatic carboxylic acids is 1. The zero-order valence-electron chi connectivity index (χ0n) is 12.3. The van der Waals surface area contributed by atoms with E-state index in [9.17, 15) is 19.5 Å². The Morgan fingerprint density at radius 1 is 1.00 bits per heavy atom. The van der Waals surface area contributed by atoms with E-state index >= 15 is 0 Å². The van der Waals surface area contributed by atoms with Crippen LogP contribution in [0.2, 0.25) is 0 Å². The van der Waals surface area contributed by atoms with Gasteiger partial charge < -0.3 is 15.5 Å². The molecule has 120 valence electrons. The van der Waals surface area contributed by atoms with Crippen LogP contribution in [-0.2, 0) is 16.1 Å². The highest BCUT2D eigenvalue weighted by Gasteiger charge is 2.51. The van der Waals surface area contributed by atoms with Crippen LogP contribution in [0, 0.1) is 23.7 Å². The molecule has 3 N–H and O–H groups in total. The van der Waals surface area contributed by atoms with E-state index < -0.39 is 23.8 Å². The van der Waals surface area contributed by atoms with Crippen LogP contribution in [0.5, 0.6) is 0 Å².